The average Bonchev–Trinajstić information content (AvgIpc) is 3.49. The topological polar surface area (TPSA) is 95.7 Å². The van der Waals surface area contributed by atoms with Crippen LogP contribution in [0.5, 0.6) is 11.5 Å². The van der Waals surface area contributed by atoms with E-state index in [1.54, 1.807) is 6.08 Å². The van der Waals surface area contributed by atoms with E-state index in [-0.39, 0.29) is 11.9 Å². The van der Waals surface area contributed by atoms with Crippen LogP contribution < -0.4 is 10.1 Å². The van der Waals surface area contributed by atoms with Crippen LogP contribution in [0.2, 0.25) is 0 Å². The van der Waals surface area contributed by atoms with Gasteiger partial charge in [-0.05, 0) is 88.5 Å². The molecule has 3 heterocycles. The molecule has 2 fully saturated rings. The summed E-state index contributed by atoms with van der Waals surface area (Å²) in [5.74, 6) is 2.33. The molecule has 9 nitrogen and oxygen atoms in total. The van der Waals surface area contributed by atoms with Crippen LogP contribution in [0, 0.1) is 5.41 Å². The molecule has 1 amide bonds. The highest BCUT2D eigenvalue weighted by Gasteiger charge is 2.30. The zero-order valence-electron chi connectivity index (χ0n) is 27.7. The minimum absolute atomic E-state index is 0.0179. The number of piperidine rings is 1. The van der Waals surface area contributed by atoms with Gasteiger partial charge < -0.3 is 25.1 Å². The number of aromatic nitrogens is 2. The molecule has 0 radical (unpaired) electrons. The number of para-hydroxylation sites is 1. The summed E-state index contributed by atoms with van der Waals surface area (Å²) in [5, 5.41) is 17.6. The highest BCUT2D eigenvalue weighted by molar-refractivity contribution is 6.14. The fourth-order valence-corrected chi connectivity index (χ4v) is 6.18. The minimum Gasteiger partial charge on any atom is -0.457 e. The van der Waals surface area contributed by atoms with Gasteiger partial charge in [-0.15, -0.1) is 0 Å². The van der Waals surface area contributed by atoms with Crippen molar-refractivity contribution in [3.05, 3.63) is 84.0 Å². The van der Waals surface area contributed by atoms with Gasteiger partial charge in [0.15, 0.2) is 0 Å². The molecular formula is C37H48N6O3. The number of nitrogens with zero attached hydrogens (tertiary/aromatic N) is 4. The van der Waals surface area contributed by atoms with Crippen molar-refractivity contribution in [2.24, 2.45) is 0 Å². The molecule has 2 N–H and O–H groups in total. The predicted molar refractivity (Wildman–Crippen MR) is 185 cm³/mol. The van der Waals surface area contributed by atoms with Gasteiger partial charge in [-0.1, -0.05) is 36.8 Å². The monoisotopic (exact) mass is 624 g/mol. The van der Waals surface area contributed by atoms with E-state index >= 15 is 0 Å². The van der Waals surface area contributed by atoms with E-state index in [0.717, 1.165) is 98.1 Å². The van der Waals surface area contributed by atoms with Crippen LogP contribution in [0.3, 0.4) is 0 Å². The van der Waals surface area contributed by atoms with Crippen molar-refractivity contribution in [1.82, 2.24) is 19.6 Å². The first-order chi connectivity index (χ1) is 22.4. The first-order valence-electron chi connectivity index (χ1n) is 16.5. The zero-order chi connectivity index (χ0) is 32.5. The number of hydrogen-bond acceptors (Lipinski definition) is 7. The lowest BCUT2D eigenvalue weighted by atomic mass is 10.0. The van der Waals surface area contributed by atoms with E-state index in [1.807, 2.05) is 90.3 Å². The normalized spacial score (nSPS) is 17.9. The summed E-state index contributed by atoms with van der Waals surface area (Å²) in [6.45, 7) is 7.79. The second-order valence-electron chi connectivity index (χ2n) is 12.2. The molecule has 2 aromatic carbocycles. The maximum absolute atomic E-state index is 13.3. The fourth-order valence-electron chi connectivity index (χ4n) is 6.18. The van der Waals surface area contributed by atoms with Crippen molar-refractivity contribution in [2.75, 3.05) is 52.3 Å². The van der Waals surface area contributed by atoms with Gasteiger partial charge in [0.2, 0.25) is 5.91 Å². The summed E-state index contributed by atoms with van der Waals surface area (Å²) >= 11 is 0. The van der Waals surface area contributed by atoms with E-state index in [2.05, 4.69) is 24.2 Å². The van der Waals surface area contributed by atoms with Crippen LogP contribution in [0.1, 0.15) is 57.6 Å². The highest BCUT2D eigenvalue weighted by Crippen LogP contribution is 2.35. The number of rotatable bonds is 12. The first kappa shape index (κ1) is 33.2. The van der Waals surface area contributed by atoms with Crippen molar-refractivity contribution in [1.29, 1.82) is 5.41 Å². The number of anilines is 1. The quantitative estimate of drug-likeness (QED) is 0.168. The summed E-state index contributed by atoms with van der Waals surface area (Å²) in [7, 11) is 4.00. The molecule has 2 saturated heterocycles. The molecule has 9 heteroatoms. The summed E-state index contributed by atoms with van der Waals surface area (Å²) in [5.41, 5.74) is 3.93. The van der Waals surface area contributed by atoms with E-state index < -0.39 is 0 Å². The summed E-state index contributed by atoms with van der Waals surface area (Å²) in [6.07, 6.45) is 10.4. The van der Waals surface area contributed by atoms with Crippen molar-refractivity contribution in [2.45, 2.75) is 58.0 Å². The SMILES string of the molecule is CCC(C)=CC(=N)c1c(-c2ccc(Oc3ccccc3)cc2)nn(C2CCCN(C(=O)C=CCN(C)C3CCOCC3)C2)c1NC. The fraction of sp³-hybridized carbons (Fsp3) is 0.432. The van der Waals surface area contributed by atoms with Crippen LogP contribution in [0.25, 0.3) is 11.3 Å². The van der Waals surface area contributed by atoms with Gasteiger partial charge in [-0.3, -0.25) is 9.69 Å². The van der Waals surface area contributed by atoms with Crippen molar-refractivity contribution >= 4 is 17.4 Å². The Balaban J connectivity index is 1.37. The molecule has 3 aromatic rings. The van der Waals surface area contributed by atoms with E-state index in [9.17, 15) is 4.79 Å². The van der Waals surface area contributed by atoms with Crippen LogP contribution in [0.15, 0.2) is 78.4 Å². The lowest BCUT2D eigenvalue weighted by molar-refractivity contribution is -0.127. The van der Waals surface area contributed by atoms with Crippen molar-refractivity contribution in [3.8, 4) is 22.8 Å². The van der Waals surface area contributed by atoms with Gasteiger partial charge in [-0.25, -0.2) is 4.68 Å². The maximum Gasteiger partial charge on any atom is 0.246 e. The van der Waals surface area contributed by atoms with Gasteiger partial charge in [0.1, 0.15) is 23.0 Å². The second kappa shape index (κ2) is 15.9. The van der Waals surface area contributed by atoms with Gasteiger partial charge in [0.25, 0.3) is 0 Å². The maximum atomic E-state index is 13.3. The molecule has 1 unspecified atom stereocenters. The van der Waals surface area contributed by atoms with Gasteiger partial charge in [0, 0.05) is 57.6 Å². The van der Waals surface area contributed by atoms with Crippen LogP contribution in [-0.4, -0.2) is 84.2 Å². The Morgan fingerprint density at radius 1 is 1.11 bits per heavy atom. The lowest BCUT2D eigenvalue weighted by Crippen LogP contribution is -2.40. The lowest BCUT2D eigenvalue weighted by Gasteiger charge is -2.33. The number of likely N-dealkylation sites (N-methyl/N-ethyl adjacent to an activating group) is 1. The average molecular weight is 625 g/mol. The van der Waals surface area contributed by atoms with Gasteiger partial charge in [0.05, 0.1) is 17.3 Å². The Bertz CT molecular complexity index is 1520. The summed E-state index contributed by atoms with van der Waals surface area (Å²) in [6, 6.07) is 18.1. The molecular weight excluding hydrogens is 576 g/mol. The van der Waals surface area contributed by atoms with Crippen molar-refractivity contribution in [3.63, 3.8) is 0 Å². The van der Waals surface area contributed by atoms with Crippen LogP contribution in [0.4, 0.5) is 5.82 Å². The Morgan fingerprint density at radius 2 is 1.83 bits per heavy atom. The zero-order valence-corrected chi connectivity index (χ0v) is 27.7. The summed E-state index contributed by atoms with van der Waals surface area (Å²) < 4.78 is 13.5. The molecule has 0 saturated carbocycles. The Hall–Kier alpha value is -4.21. The number of amides is 1. The third-order valence-corrected chi connectivity index (χ3v) is 8.99. The number of benzene rings is 2. The molecule has 0 aliphatic carbocycles. The minimum atomic E-state index is -0.0179. The Labute approximate surface area is 273 Å². The smallest absolute Gasteiger partial charge is 0.246 e. The number of hydrogen-bond donors (Lipinski definition) is 2. The number of allylic oxidation sites excluding steroid dienone is 2. The Kier molecular flexibility index (Phi) is 11.4. The van der Waals surface area contributed by atoms with Gasteiger partial charge >= 0.3 is 0 Å². The molecule has 1 aromatic heterocycles. The number of carbonyl (C=O) groups is 1. The Morgan fingerprint density at radius 3 is 2.52 bits per heavy atom. The molecule has 0 spiro atoms. The van der Waals surface area contributed by atoms with E-state index in [4.69, 9.17) is 20.0 Å². The van der Waals surface area contributed by atoms with Gasteiger partial charge in [-0.2, -0.15) is 5.10 Å². The molecule has 46 heavy (non-hydrogen) atoms. The predicted octanol–water partition coefficient (Wildman–Crippen LogP) is 6.94. The number of ether oxygens (including phenoxy) is 2. The van der Waals surface area contributed by atoms with Crippen LogP contribution in [-0.2, 0) is 9.53 Å². The third kappa shape index (κ3) is 8.13. The number of nitrogens with one attached hydrogen (secondary N) is 2. The molecule has 1 atom stereocenters. The van der Waals surface area contributed by atoms with E-state index in [1.165, 1.54) is 0 Å². The molecule has 244 valence electrons. The first-order valence-corrected chi connectivity index (χ1v) is 16.5. The number of carbonyl (C=O) groups excluding carboxylic acids is 1. The van der Waals surface area contributed by atoms with E-state index in [0.29, 0.717) is 18.3 Å². The summed E-state index contributed by atoms with van der Waals surface area (Å²) in [4.78, 5) is 17.5. The molecule has 5 rings (SSSR count). The van der Waals surface area contributed by atoms with Crippen molar-refractivity contribution < 1.29 is 14.3 Å². The third-order valence-electron chi connectivity index (χ3n) is 8.99. The molecule has 0 bridgehead atoms. The standard InChI is InChI=1S/C37H48N6O3/c1-5-27(2)25-33(38)35-36(28-15-17-32(18-16-28)46-31-12-7-6-8-13-31)40-43(37(35)39-3)30-11-9-22-42(26-30)34(44)14-10-21-41(4)29-19-23-45-24-20-29/h6-8,10,12-18,25,29-30,38-39H,5,9,11,19-24,26H2,1-4H3. The largest absolute Gasteiger partial charge is 0.457 e. The highest BCUT2D eigenvalue weighted by atomic mass is 16.5. The second-order valence-corrected chi connectivity index (χ2v) is 12.2. The molecule has 2 aliphatic heterocycles. The number of likely N-dealkylation sites (tertiary alicyclic amines) is 1. The van der Waals surface area contributed by atoms with Crippen LogP contribution >= 0.6 is 0 Å². The molecule has 2 aliphatic rings.